The number of hydrogen-bond donors (Lipinski definition) is 1. The smallest absolute Gasteiger partial charge is 0.366 e. The minimum Gasteiger partial charge on any atom is -0.366 e. The number of alkyl halides is 3. The van der Waals surface area contributed by atoms with E-state index in [0.717, 1.165) is 6.20 Å². The lowest BCUT2D eigenvalue weighted by molar-refractivity contribution is -0.0838. The van der Waals surface area contributed by atoms with Crippen molar-refractivity contribution in [1.29, 1.82) is 0 Å². The first-order valence-corrected chi connectivity index (χ1v) is 3.34. The Bertz CT molecular complexity index is 182. The molecule has 1 aliphatic rings. The third-order valence-electron chi connectivity index (χ3n) is 0.853. The fourth-order valence-electron chi connectivity index (χ4n) is 0.453. The summed E-state index contributed by atoms with van der Waals surface area (Å²) in [5, 5.41) is 3.71. The van der Waals surface area contributed by atoms with Gasteiger partial charge in [0, 0.05) is 12.4 Å². The SMILES string of the molecule is FC(F)(F)C1=CNC=CS1. The van der Waals surface area contributed by atoms with Crippen LogP contribution in [0, 0.1) is 0 Å². The van der Waals surface area contributed by atoms with Crippen LogP contribution in [0.5, 0.6) is 0 Å². The molecule has 1 heterocycles. The second-order valence-corrected chi connectivity index (χ2v) is 2.54. The van der Waals surface area contributed by atoms with Crippen molar-refractivity contribution in [2.75, 3.05) is 0 Å². The Morgan fingerprint density at radius 2 is 2.10 bits per heavy atom. The quantitative estimate of drug-likeness (QED) is 0.593. The first kappa shape index (κ1) is 7.53. The topological polar surface area (TPSA) is 12.0 Å². The maximum absolute atomic E-state index is 11.8. The van der Waals surface area contributed by atoms with Crippen LogP contribution in [0.3, 0.4) is 0 Å². The number of thioether (sulfide) groups is 1. The summed E-state index contributed by atoms with van der Waals surface area (Å²) in [4.78, 5) is -0.616. The fourth-order valence-corrected chi connectivity index (χ4v) is 1.02. The third-order valence-corrected chi connectivity index (χ3v) is 1.73. The first-order valence-electron chi connectivity index (χ1n) is 2.46. The highest BCUT2D eigenvalue weighted by atomic mass is 32.2. The minimum atomic E-state index is -4.22. The molecule has 0 aliphatic carbocycles. The number of hydrogen-bond acceptors (Lipinski definition) is 2. The van der Waals surface area contributed by atoms with Crippen LogP contribution in [0.4, 0.5) is 13.2 Å². The Labute approximate surface area is 60.0 Å². The molecule has 0 saturated carbocycles. The van der Waals surface area contributed by atoms with Gasteiger partial charge < -0.3 is 5.32 Å². The van der Waals surface area contributed by atoms with Gasteiger partial charge in [0.2, 0.25) is 0 Å². The van der Waals surface area contributed by atoms with Gasteiger partial charge in [0.25, 0.3) is 0 Å². The molecule has 10 heavy (non-hydrogen) atoms. The van der Waals surface area contributed by atoms with Crippen molar-refractivity contribution >= 4 is 11.8 Å². The summed E-state index contributed by atoms with van der Waals surface area (Å²) < 4.78 is 35.3. The van der Waals surface area contributed by atoms with Gasteiger partial charge in [-0.05, 0) is 5.41 Å². The number of halogens is 3. The summed E-state index contributed by atoms with van der Waals surface area (Å²) in [7, 11) is 0. The molecule has 0 radical (unpaired) electrons. The lowest BCUT2D eigenvalue weighted by Gasteiger charge is -2.11. The summed E-state index contributed by atoms with van der Waals surface area (Å²) in [5.41, 5.74) is 0. The molecule has 0 aromatic heterocycles. The summed E-state index contributed by atoms with van der Waals surface area (Å²) >= 11 is 0.663. The van der Waals surface area contributed by atoms with Gasteiger partial charge in [0.1, 0.15) is 4.91 Å². The van der Waals surface area contributed by atoms with E-state index in [1.54, 1.807) is 0 Å². The van der Waals surface area contributed by atoms with E-state index in [0.29, 0.717) is 11.8 Å². The minimum absolute atomic E-state index is 0.616. The highest BCUT2D eigenvalue weighted by molar-refractivity contribution is 8.05. The Hall–Kier alpha value is -0.580. The van der Waals surface area contributed by atoms with E-state index >= 15 is 0 Å². The van der Waals surface area contributed by atoms with Crippen LogP contribution in [0.1, 0.15) is 0 Å². The number of nitrogens with one attached hydrogen (secondary N) is 1. The maximum atomic E-state index is 11.8. The van der Waals surface area contributed by atoms with Crippen LogP contribution >= 0.6 is 11.8 Å². The molecule has 1 aliphatic heterocycles. The van der Waals surface area contributed by atoms with Crippen LogP contribution < -0.4 is 5.32 Å². The molecular weight excluding hydrogens is 163 g/mol. The van der Waals surface area contributed by atoms with Crippen molar-refractivity contribution in [2.24, 2.45) is 0 Å². The van der Waals surface area contributed by atoms with Gasteiger partial charge in [-0.1, -0.05) is 11.8 Å². The molecule has 0 aromatic rings. The first-order chi connectivity index (χ1) is 4.61. The van der Waals surface area contributed by atoms with E-state index in [4.69, 9.17) is 0 Å². The zero-order valence-corrected chi connectivity index (χ0v) is 5.59. The molecular formula is C5H4F3NS. The number of rotatable bonds is 0. The molecule has 5 heteroatoms. The van der Waals surface area contributed by atoms with Gasteiger partial charge in [-0.15, -0.1) is 0 Å². The van der Waals surface area contributed by atoms with Crippen molar-refractivity contribution in [3.8, 4) is 0 Å². The molecule has 0 aromatic carbocycles. The Kier molecular flexibility index (Phi) is 1.94. The predicted octanol–water partition coefficient (Wildman–Crippen LogP) is 2.20. The van der Waals surface area contributed by atoms with Crippen LogP contribution in [-0.4, -0.2) is 6.18 Å². The molecule has 0 spiro atoms. The molecule has 56 valence electrons. The molecule has 0 unspecified atom stereocenters. The molecule has 0 fully saturated rings. The van der Waals surface area contributed by atoms with Crippen LogP contribution in [0.2, 0.25) is 0 Å². The van der Waals surface area contributed by atoms with Crippen molar-refractivity contribution in [1.82, 2.24) is 5.32 Å². The average Bonchev–Trinajstić information content (AvgIpc) is 1.88. The summed E-state index contributed by atoms with van der Waals surface area (Å²) in [6, 6.07) is 0. The average molecular weight is 167 g/mol. The Morgan fingerprint density at radius 1 is 1.40 bits per heavy atom. The van der Waals surface area contributed by atoms with E-state index in [1.165, 1.54) is 11.6 Å². The van der Waals surface area contributed by atoms with Gasteiger partial charge >= 0.3 is 6.18 Å². The van der Waals surface area contributed by atoms with Gasteiger partial charge in [-0.3, -0.25) is 0 Å². The number of allylic oxidation sites excluding steroid dienone is 1. The van der Waals surface area contributed by atoms with Crippen LogP contribution in [0.25, 0.3) is 0 Å². The lowest BCUT2D eigenvalue weighted by atomic mass is 10.6. The van der Waals surface area contributed by atoms with E-state index in [9.17, 15) is 13.2 Å². The summed E-state index contributed by atoms with van der Waals surface area (Å²) in [6.45, 7) is 0. The predicted molar refractivity (Wildman–Crippen MR) is 34.0 cm³/mol. The highest BCUT2D eigenvalue weighted by Crippen LogP contribution is 2.35. The van der Waals surface area contributed by atoms with Crippen molar-refractivity contribution in [2.45, 2.75) is 6.18 Å². The Morgan fingerprint density at radius 3 is 2.40 bits per heavy atom. The van der Waals surface area contributed by atoms with Gasteiger partial charge in [0.15, 0.2) is 0 Å². The second-order valence-electron chi connectivity index (χ2n) is 1.59. The van der Waals surface area contributed by atoms with E-state index in [2.05, 4.69) is 5.32 Å². The molecule has 1 nitrogen and oxygen atoms in total. The van der Waals surface area contributed by atoms with E-state index in [-0.39, 0.29) is 0 Å². The molecule has 1 N–H and O–H groups in total. The third kappa shape index (κ3) is 1.70. The lowest BCUT2D eigenvalue weighted by Crippen LogP contribution is -2.13. The van der Waals surface area contributed by atoms with Crippen LogP contribution in [0.15, 0.2) is 22.7 Å². The van der Waals surface area contributed by atoms with Gasteiger partial charge in [-0.25, -0.2) is 0 Å². The molecule has 1 rings (SSSR count). The van der Waals surface area contributed by atoms with Gasteiger partial charge in [0.05, 0.1) is 0 Å². The summed E-state index contributed by atoms with van der Waals surface area (Å²) in [5.74, 6) is 0. The van der Waals surface area contributed by atoms with Crippen molar-refractivity contribution in [3.05, 3.63) is 22.7 Å². The fraction of sp³-hybridized carbons (Fsp3) is 0.200. The maximum Gasteiger partial charge on any atom is 0.423 e. The standard InChI is InChI=1S/C5H4F3NS/c6-5(7,8)4-3-9-1-2-10-4/h1-3,9H. The molecule has 0 bridgehead atoms. The zero-order chi connectivity index (χ0) is 7.61. The highest BCUT2D eigenvalue weighted by Gasteiger charge is 2.34. The molecule has 0 amide bonds. The Balaban J connectivity index is 2.65. The van der Waals surface area contributed by atoms with E-state index < -0.39 is 11.1 Å². The van der Waals surface area contributed by atoms with Crippen LogP contribution in [-0.2, 0) is 0 Å². The van der Waals surface area contributed by atoms with Crippen molar-refractivity contribution < 1.29 is 13.2 Å². The summed E-state index contributed by atoms with van der Waals surface area (Å²) in [6.07, 6.45) is -1.84. The second kappa shape index (κ2) is 2.57. The molecule has 0 saturated heterocycles. The van der Waals surface area contributed by atoms with E-state index in [1.807, 2.05) is 0 Å². The zero-order valence-electron chi connectivity index (χ0n) is 4.77. The molecule has 0 atom stereocenters. The monoisotopic (exact) mass is 167 g/mol. The normalized spacial score (nSPS) is 18.1. The largest absolute Gasteiger partial charge is 0.423 e. The van der Waals surface area contributed by atoms with Gasteiger partial charge in [-0.2, -0.15) is 13.2 Å². The van der Waals surface area contributed by atoms with Crippen molar-refractivity contribution in [3.63, 3.8) is 0 Å².